The van der Waals surface area contributed by atoms with Crippen molar-refractivity contribution in [1.29, 1.82) is 0 Å². The van der Waals surface area contributed by atoms with E-state index in [9.17, 15) is 9.90 Å². The van der Waals surface area contributed by atoms with Crippen LogP contribution in [0.5, 0.6) is 0 Å². The van der Waals surface area contributed by atoms with E-state index in [2.05, 4.69) is 83.0 Å². The number of fused-ring (bicyclic) bond motifs is 3. The normalized spacial score (nSPS) is 19.1. The number of rotatable bonds is 5. The van der Waals surface area contributed by atoms with Crippen LogP contribution in [0.15, 0.2) is 45.3 Å². The fourth-order valence-corrected chi connectivity index (χ4v) is 6.18. The van der Waals surface area contributed by atoms with Gasteiger partial charge in [0.05, 0.1) is 12.6 Å². The van der Waals surface area contributed by atoms with Gasteiger partial charge >= 0.3 is 6.03 Å². The van der Waals surface area contributed by atoms with Crippen molar-refractivity contribution in [3.8, 4) is 0 Å². The van der Waals surface area contributed by atoms with Crippen LogP contribution < -0.4 is 5.32 Å². The lowest BCUT2D eigenvalue weighted by molar-refractivity contribution is 0.0725. The first kappa shape index (κ1) is 24.1. The number of nitrogens with zero attached hydrogens (tertiary/aromatic N) is 3. The molecule has 1 aromatic heterocycles. The van der Waals surface area contributed by atoms with Crippen LogP contribution in [0.25, 0.3) is 21.8 Å². The van der Waals surface area contributed by atoms with Crippen molar-refractivity contribution in [2.24, 2.45) is 0 Å². The number of aliphatic hydroxyl groups excluding tert-OH is 1. The van der Waals surface area contributed by atoms with Gasteiger partial charge < -0.3 is 19.9 Å². The van der Waals surface area contributed by atoms with Gasteiger partial charge in [-0.15, -0.1) is 0 Å². The zero-order valence-corrected chi connectivity index (χ0v) is 22.5. The number of carbonyl (C=O) groups is 1. The van der Waals surface area contributed by atoms with Gasteiger partial charge in [-0.2, -0.15) is 0 Å². The third kappa shape index (κ3) is 5.30. The molecule has 2 heterocycles. The Hall–Kier alpha value is -1.61. The highest BCUT2D eigenvalue weighted by Gasteiger charge is 2.25. The molecule has 2 amide bonds. The van der Waals surface area contributed by atoms with Crippen LogP contribution in [0.2, 0.25) is 0 Å². The number of aromatic nitrogens is 1. The highest BCUT2D eigenvalue weighted by Crippen LogP contribution is 2.33. The molecular weight excluding hydrogens is 560 g/mol. The second-order valence-corrected chi connectivity index (χ2v) is 11.5. The van der Waals surface area contributed by atoms with Gasteiger partial charge in [0, 0.05) is 69.5 Å². The lowest BCUT2D eigenvalue weighted by Crippen LogP contribution is -2.54. The largest absolute Gasteiger partial charge is 0.390 e. The molecule has 0 bridgehead atoms. The lowest BCUT2D eigenvalue weighted by Gasteiger charge is -2.36. The predicted octanol–water partition coefficient (Wildman–Crippen LogP) is 5.34. The van der Waals surface area contributed by atoms with E-state index < -0.39 is 6.10 Å². The van der Waals surface area contributed by atoms with Crippen molar-refractivity contribution < 1.29 is 9.90 Å². The van der Waals surface area contributed by atoms with Gasteiger partial charge in [-0.1, -0.05) is 51.1 Å². The number of urea groups is 1. The van der Waals surface area contributed by atoms with Crippen molar-refractivity contribution in [3.63, 3.8) is 0 Å². The van der Waals surface area contributed by atoms with E-state index in [1.807, 2.05) is 4.90 Å². The summed E-state index contributed by atoms with van der Waals surface area (Å²) in [5, 5.41) is 16.6. The maximum atomic E-state index is 12.6. The number of piperazine rings is 1. The van der Waals surface area contributed by atoms with Crippen molar-refractivity contribution in [3.05, 3.63) is 45.3 Å². The van der Waals surface area contributed by atoms with Gasteiger partial charge in [0.2, 0.25) is 0 Å². The quantitative estimate of drug-likeness (QED) is 0.421. The molecule has 0 radical (unpaired) electrons. The van der Waals surface area contributed by atoms with Crippen LogP contribution in [0.1, 0.15) is 32.1 Å². The predicted molar refractivity (Wildman–Crippen MR) is 144 cm³/mol. The van der Waals surface area contributed by atoms with Crippen LogP contribution in [-0.2, 0) is 6.54 Å². The van der Waals surface area contributed by atoms with E-state index in [1.165, 1.54) is 30.0 Å². The van der Waals surface area contributed by atoms with Crippen molar-refractivity contribution in [2.75, 3.05) is 32.7 Å². The molecule has 182 valence electrons. The number of carbonyl (C=O) groups excluding carboxylic acids is 1. The van der Waals surface area contributed by atoms with Gasteiger partial charge in [0.15, 0.2) is 0 Å². The molecular formula is C26H32Br2N4O2. The highest BCUT2D eigenvalue weighted by molar-refractivity contribution is 9.10. The summed E-state index contributed by atoms with van der Waals surface area (Å²) >= 11 is 7.19. The summed E-state index contributed by atoms with van der Waals surface area (Å²) in [5.74, 6) is 0. The number of halogens is 2. The zero-order chi connectivity index (χ0) is 23.7. The number of hydrogen-bond acceptors (Lipinski definition) is 3. The summed E-state index contributed by atoms with van der Waals surface area (Å²) in [5.41, 5.74) is 2.25. The van der Waals surface area contributed by atoms with Crippen molar-refractivity contribution in [2.45, 2.75) is 50.8 Å². The molecule has 2 aromatic carbocycles. The zero-order valence-electron chi connectivity index (χ0n) is 19.4. The topological polar surface area (TPSA) is 60.7 Å². The Balaban J connectivity index is 1.20. The first-order chi connectivity index (χ1) is 16.5. The Bertz CT molecular complexity index is 1110. The van der Waals surface area contributed by atoms with Crippen molar-refractivity contribution in [1.82, 2.24) is 19.7 Å². The molecule has 3 aromatic rings. The number of β-amino-alcohol motifs (C(OH)–C–C–N with tert-alkyl or cyclic N) is 1. The van der Waals surface area contributed by atoms with Crippen LogP contribution in [0.3, 0.4) is 0 Å². The van der Waals surface area contributed by atoms with E-state index >= 15 is 0 Å². The maximum absolute atomic E-state index is 12.6. The summed E-state index contributed by atoms with van der Waals surface area (Å²) in [6.07, 6.45) is 5.45. The van der Waals surface area contributed by atoms with Gasteiger partial charge in [-0.3, -0.25) is 4.90 Å². The Morgan fingerprint density at radius 1 is 0.912 bits per heavy atom. The highest BCUT2D eigenvalue weighted by atomic mass is 79.9. The van der Waals surface area contributed by atoms with Crippen LogP contribution in [0.4, 0.5) is 4.79 Å². The second-order valence-electron chi connectivity index (χ2n) is 9.66. The Morgan fingerprint density at radius 3 is 2.09 bits per heavy atom. The molecule has 1 aliphatic carbocycles. The van der Waals surface area contributed by atoms with E-state index in [0.29, 0.717) is 32.2 Å². The summed E-state index contributed by atoms with van der Waals surface area (Å²) in [6, 6.07) is 13.0. The molecule has 2 N–H and O–H groups in total. The molecule has 1 atom stereocenters. The molecule has 1 unspecified atom stereocenters. The smallest absolute Gasteiger partial charge is 0.317 e. The first-order valence-corrected chi connectivity index (χ1v) is 13.9. The van der Waals surface area contributed by atoms with Crippen LogP contribution in [-0.4, -0.2) is 70.4 Å². The second kappa shape index (κ2) is 10.6. The first-order valence-electron chi connectivity index (χ1n) is 12.3. The fourth-order valence-electron chi connectivity index (χ4n) is 5.46. The van der Waals surface area contributed by atoms with E-state index in [0.717, 1.165) is 45.9 Å². The summed E-state index contributed by atoms with van der Waals surface area (Å²) in [4.78, 5) is 16.8. The molecule has 1 saturated heterocycles. The fraction of sp³-hybridized carbons (Fsp3) is 0.500. The minimum atomic E-state index is -0.492. The number of nitrogens with one attached hydrogen (secondary N) is 1. The standard InChI is InChI=1S/C26H32Br2N4O2/c27-18-6-8-24-22(14-18)23-15-19(28)7-9-25(23)32(24)17-21(33)16-30-10-12-31(13-11-30)26(34)29-20-4-2-1-3-5-20/h6-9,14-15,20-21,33H,1-5,10-13,16-17H2,(H,29,34). The molecule has 1 saturated carbocycles. The van der Waals surface area contributed by atoms with E-state index in [1.54, 1.807) is 0 Å². The van der Waals surface area contributed by atoms with Crippen molar-refractivity contribution >= 4 is 59.7 Å². The van der Waals surface area contributed by atoms with Crippen LogP contribution in [0, 0.1) is 0 Å². The van der Waals surface area contributed by atoms with Gasteiger partial charge in [0.25, 0.3) is 0 Å². The third-order valence-corrected chi connectivity index (χ3v) is 8.23. The summed E-state index contributed by atoms with van der Waals surface area (Å²) in [6.45, 7) is 4.15. The van der Waals surface area contributed by atoms with E-state index in [-0.39, 0.29) is 6.03 Å². The molecule has 5 rings (SSSR count). The molecule has 1 aliphatic heterocycles. The van der Waals surface area contributed by atoms with E-state index in [4.69, 9.17) is 0 Å². The maximum Gasteiger partial charge on any atom is 0.317 e. The Kier molecular flexibility index (Phi) is 7.49. The monoisotopic (exact) mass is 590 g/mol. The number of aliphatic hydroxyl groups is 1. The average molecular weight is 592 g/mol. The molecule has 8 heteroatoms. The van der Waals surface area contributed by atoms with Gasteiger partial charge in [-0.25, -0.2) is 4.79 Å². The SMILES string of the molecule is O=C(NC1CCCCC1)N1CCN(CC(O)Cn2c3ccc(Br)cc3c3cc(Br)ccc32)CC1. The molecule has 2 aliphatic rings. The number of amides is 2. The Labute approximate surface area is 217 Å². The summed E-state index contributed by atoms with van der Waals surface area (Å²) in [7, 11) is 0. The van der Waals surface area contributed by atoms with Crippen LogP contribution >= 0.6 is 31.9 Å². The molecule has 34 heavy (non-hydrogen) atoms. The van der Waals surface area contributed by atoms with Gasteiger partial charge in [0.1, 0.15) is 0 Å². The molecule has 2 fully saturated rings. The van der Waals surface area contributed by atoms with Gasteiger partial charge in [-0.05, 0) is 49.2 Å². The molecule has 0 spiro atoms. The Morgan fingerprint density at radius 2 is 1.50 bits per heavy atom. The average Bonchev–Trinajstić information content (AvgIpc) is 3.12. The minimum absolute atomic E-state index is 0.0784. The number of hydrogen-bond donors (Lipinski definition) is 2. The minimum Gasteiger partial charge on any atom is -0.390 e. The summed E-state index contributed by atoms with van der Waals surface area (Å²) < 4.78 is 4.32. The third-order valence-electron chi connectivity index (χ3n) is 7.24. The number of benzene rings is 2. The lowest BCUT2D eigenvalue weighted by atomic mass is 9.96. The molecule has 6 nitrogen and oxygen atoms in total.